The molecule has 0 radical (unpaired) electrons. The summed E-state index contributed by atoms with van der Waals surface area (Å²) in [5.41, 5.74) is 1.44. The molecule has 2 rings (SSSR count). The fourth-order valence-corrected chi connectivity index (χ4v) is 2.54. The molecule has 1 saturated heterocycles. The number of hydrogen-bond acceptors (Lipinski definition) is 5. The maximum absolute atomic E-state index is 11.3. The molecule has 20 heavy (non-hydrogen) atoms. The van der Waals surface area contributed by atoms with Crippen molar-refractivity contribution in [2.75, 3.05) is 33.3 Å². The van der Waals surface area contributed by atoms with E-state index >= 15 is 0 Å². The number of nitrogens with zero attached hydrogens (tertiary/aromatic N) is 2. The number of carbonyl (C=O) groups is 1. The van der Waals surface area contributed by atoms with Gasteiger partial charge in [-0.05, 0) is 44.1 Å². The van der Waals surface area contributed by atoms with E-state index in [0.717, 1.165) is 31.2 Å². The van der Waals surface area contributed by atoms with Crippen LogP contribution in [0.5, 0.6) is 0 Å². The number of likely N-dealkylation sites (tertiary alicyclic amines) is 1. The zero-order valence-electron chi connectivity index (χ0n) is 12.3. The number of rotatable bonds is 6. The van der Waals surface area contributed by atoms with Crippen molar-refractivity contribution in [2.45, 2.75) is 19.9 Å². The summed E-state index contributed by atoms with van der Waals surface area (Å²) in [5, 5.41) is 3.45. The fraction of sp³-hybridized carbons (Fsp3) is 0.600. The molecule has 110 valence electrons. The van der Waals surface area contributed by atoms with E-state index in [4.69, 9.17) is 0 Å². The molecule has 0 aliphatic carbocycles. The fourth-order valence-electron chi connectivity index (χ4n) is 2.54. The summed E-state index contributed by atoms with van der Waals surface area (Å²) in [4.78, 5) is 18.0. The van der Waals surface area contributed by atoms with Crippen molar-refractivity contribution in [2.24, 2.45) is 5.92 Å². The van der Waals surface area contributed by atoms with E-state index in [1.165, 1.54) is 26.6 Å². The second kappa shape index (κ2) is 7.36. The number of esters is 1. The molecule has 0 bridgehead atoms. The first kappa shape index (κ1) is 14.9. The quantitative estimate of drug-likeness (QED) is 0.794. The van der Waals surface area contributed by atoms with E-state index in [2.05, 4.69) is 26.9 Å². The second-order valence-electron chi connectivity index (χ2n) is 5.21. The Morgan fingerprint density at radius 3 is 3.00 bits per heavy atom. The highest BCUT2D eigenvalue weighted by molar-refractivity contribution is 5.88. The Labute approximate surface area is 120 Å². The molecule has 0 saturated carbocycles. The average molecular weight is 277 g/mol. The summed E-state index contributed by atoms with van der Waals surface area (Å²) in [6.07, 6.45) is 2.84. The van der Waals surface area contributed by atoms with Crippen LogP contribution in [0.3, 0.4) is 0 Å². The Kier molecular flexibility index (Phi) is 5.49. The molecule has 5 nitrogen and oxygen atoms in total. The molecule has 1 N–H and O–H groups in total. The summed E-state index contributed by atoms with van der Waals surface area (Å²) in [6.45, 7) is 7.53. The minimum Gasteiger partial charge on any atom is -0.465 e. The van der Waals surface area contributed by atoms with E-state index in [9.17, 15) is 4.79 Å². The van der Waals surface area contributed by atoms with E-state index in [-0.39, 0.29) is 5.97 Å². The van der Waals surface area contributed by atoms with Crippen LogP contribution in [0.15, 0.2) is 18.3 Å². The lowest BCUT2D eigenvalue weighted by molar-refractivity contribution is 0.0600. The van der Waals surface area contributed by atoms with Gasteiger partial charge in [0.25, 0.3) is 0 Å². The van der Waals surface area contributed by atoms with Crippen molar-refractivity contribution in [1.82, 2.24) is 15.2 Å². The molecule has 1 unspecified atom stereocenters. The second-order valence-corrected chi connectivity index (χ2v) is 5.21. The van der Waals surface area contributed by atoms with Crippen LogP contribution in [0.4, 0.5) is 0 Å². The van der Waals surface area contributed by atoms with Crippen LogP contribution < -0.4 is 5.32 Å². The average Bonchev–Trinajstić information content (AvgIpc) is 2.95. The van der Waals surface area contributed by atoms with Gasteiger partial charge in [-0.15, -0.1) is 0 Å². The van der Waals surface area contributed by atoms with Crippen molar-refractivity contribution in [3.05, 3.63) is 29.6 Å². The third-order valence-corrected chi connectivity index (χ3v) is 3.80. The summed E-state index contributed by atoms with van der Waals surface area (Å²) in [7, 11) is 1.37. The number of nitrogens with one attached hydrogen (secondary N) is 1. The lowest BCUT2D eigenvalue weighted by Crippen LogP contribution is -2.26. The van der Waals surface area contributed by atoms with Crippen LogP contribution in [-0.4, -0.2) is 49.1 Å². The molecule has 1 aliphatic heterocycles. The number of carbonyl (C=O) groups excluding carboxylic acids is 1. The van der Waals surface area contributed by atoms with Crippen molar-refractivity contribution >= 4 is 5.97 Å². The highest BCUT2D eigenvalue weighted by Gasteiger charge is 2.20. The molecule has 1 aromatic heterocycles. The third kappa shape index (κ3) is 4.02. The van der Waals surface area contributed by atoms with Crippen LogP contribution in [0.1, 0.15) is 29.4 Å². The first-order valence-electron chi connectivity index (χ1n) is 7.19. The molecular formula is C15H23N3O2. The first-order chi connectivity index (χ1) is 9.72. The maximum Gasteiger partial charge on any atom is 0.339 e. The molecule has 2 heterocycles. The Balaban J connectivity index is 1.73. The topological polar surface area (TPSA) is 54.5 Å². The van der Waals surface area contributed by atoms with Crippen molar-refractivity contribution in [3.63, 3.8) is 0 Å². The molecule has 0 aromatic carbocycles. The van der Waals surface area contributed by atoms with Gasteiger partial charge in [-0.1, -0.05) is 6.92 Å². The smallest absolute Gasteiger partial charge is 0.339 e. The van der Waals surface area contributed by atoms with Gasteiger partial charge in [0.1, 0.15) is 0 Å². The van der Waals surface area contributed by atoms with Gasteiger partial charge in [0.2, 0.25) is 0 Å². The number of aromatic nitrogens is 1. The number of hydrogen-bond donors (Lipinski definition) is 1. The Morgan fingerprint density at radius 2 is 2.40 bits per heavy atom. The van der Waals surface area contributed by atoms with E-state index in [1.54, 1.807) is 12.3 Å². The van der Waals surface area contributed by atoms with Gasteiger partial charge in [0.15, 0.2) is 0 Å². The van der Waals surface area contributed by atoms with Crippen molar-refractivity contribution in [1.29, 1.82) is 0 Å². The molecule has 1 aliphatic rings. The minimum absolute atomic E-state index is 0.345. The van der Waals surface area contributed by atoms with Gasteiger partial charge < -0.3 is 15.0 Å². The van der Waals surface area contributed by atoms with Gasteiger partial charge in [0.05, 0.1) is 18.4 Å². The highest BCUT2D eigenvalue weighted by Crippen LogP contribution is 2.14. The normalized spacial score (nSPS) is 19.2. The molecule has 1 atom stereocenters. The minimum atomic E-state index is -0.345. The Bertz CT molecular complexity index is 433. The molecular weight excluding hydrogens is 254 g/mol. The summed E-state index contributed by atoms with van der Waals surface area (Å²) in [6, 6.07) is 3.62. The Hall–Kier alpha value is -1.46. The van der Waals surface area contributed by atoms with Crippen LogP contribution >= 0.6 is 0 Å². The van der Waals surface area contributed by atoms with Crippen LogP contribution in [0, 0.1) is 5.92 Å². The predicted molar refractivity (Wildman–Crippen MR) is 77.5 cm³/mol. The predicted octanol–water partition coefficient (Wildman–Crippen LogP) is 1.30. The molecule has 0 amide bonds. The van der Waals surface area contributed by atoms with Crippen molar-refractivity contribution < 1.29 is 9.53 Å². The number of ether oxygens (including phenoxy) is 1. The largest absolute Gasteiger partial charge is 0.465 e. The number of methoxy groups -OCH3 is 1. The molecule has 1 aromatic rings. The monoisotopic (exact) mass is 277 g/mol. The third-order valence-electron chi connectivity index (χ3n) is 3.80. The van der Waals surface area contributed by atoms with Crippen molar-refractivity contribution in [3.8, 4) is 0 Å². The van der Waals surface area contributed by atoms with Gasteiger partial charge in [0, 0.05) is 19.3 Å². The van der Waals surface area contributed by atoms with Crippen LogP contribution in [0.2, 0.25) is 0 Å². The van der Waals surface area contributed by atoms with E-state index < -0.39 is 0 Å². The van der Waals surface area contributed by atoms with Crippen LogP contribution in [0.25, 0.3) is 0 Å². The van der Waals surface area contributed by atoms with Gasteiger partial charge >= 0.3 is 5.97 Å². The molecule has 5 heteroatoms. The first-order valence-corrected chi connectivity index (χ1v) is 7.19. The highest BCUT2D eigenvalue weighted by atomic mass is 16.5. The van der Waals surface area contributed by atoms with Gasteiger partial charge in [-0.3, -0.25) is 4.98 Å². The van der Waals surface area contributed by atoms with Gasteiger partial charge in [-0.2, -0.15) is 0 Å². The summed E-state index contributed by atoms with van der Waals surface area (Å²) in [5.74, 6) is 0.395. The zero-order chi connectivity index (χ0) is 14.4. The van der Waals surface area contributed by atoms with Crippen LogP contribution in [-0.2, 0) is 11.3 Å². The van der Waals surface area contributed by atoms with Gasteiger partial charge in [-0.25, -0.2) is 4.79 Å². The molecule has 0 spiro atoms. The SMILES string of the molecule is CCN1CCC(CNCc2ccc(C(=O)OC)cn2)C1. The summed E-state index contributed by atoms with van der Waals surface area (Å²) >= 11 is 0. The van der Waals surface area contributed by atoms with E-state index in [0.29, 0.717) is 5.56 Å². The summed E-state index contributed by atoms with van der Waals surface area (Å²) < 4.78 is 4.65. The number of pyridine rings is 1. The zero-order valence-corrected chi connectivity index (χ0v) is 12.3. The van der Waals surface area contributed by atoms with E-state index in [1.807, 2.05) is 6.07 Å². The standard InChI is InChI=1S/C15H23N3O2/c1-3-18-7-6-12(11-18)8-16-10-14-5-4-13(9-17-14)15(19)20-2/h4-5,9,12,16H,3,6-8,10-11H2,1-2H3. The lowest BCUT2D eigenvalue weighted by atomic mass is 10.1. The molecule has 1 fully saturated rings. The Morgan fingerprint density at radius 1 is 1.55 bits per heavy atom. The maximum atomic E-state index is 11.3. The lowest BCUT2D eigenvalue weighted by Gasteiger charge is -2.13.